The predicted octanol–water partition coefficient (Wildman–Crippen LogP) is 3.95. The van der Waals surface area contributed by atoms with Gasteiger partial charge in [-0.15, -0.1) is 0 Å². The van der Waals surface area contributed by atoms with Crippen molar-refractivity contribution in [1.82, 2.24) is 0 Å². The molecular weight excluding hydrogens is 381 g/mol. The largest absolute Gasteiger partial charge is 0.468 e. The molecule has 0 aromatic heterocycles. The summed E-state index contributed by atoms with van der Waals surface area (Å²) in [5, 5.41) is 0. The summed E-state index contributed by atoms with van der Waals surface area (Å²) in [4.78, 5) is 10.5. The van der Waals surface area contributed by atoms with Crippen LogP contribution in [0.1, 0.15) is 11.1 Å². The highest BCUT2D eigenvalue weighted by Gasteiger charge is 2.31. The molecule has 0 amide bonds. The van der Waals surface area contributed by atoms with E-state index in [0.717, 1.165) is 12.1 Å². The number of rotatable bonds is 3. The molecule has 1 atom stereocenters. The van der Waals surface area contributed by atoms with Crippen LogP contribution in [0, 0.1) is 0 Å². The molecule has 18 heavy (non-hydrogen) atoms. The summed E-state index contributed by atoms with van der Waals surface area (Å²) >= 11 is 6.23. The SMILES string of the molecule is COC(=O)C(Br)Cc1cc(C(F)(F)F)ccc1Br. The Balaban J connectivity index is 2.98. The van der Waals surface area contributed by atoms with Crippen molar-refractivity contribution in [1.29, 1.82) is 0 Å². The minimum absolute atomic E-state index is 0.108. The number of esters is 1. The van der Waals surface area contributed by atoms with Crippen molar-refractivity contribution in [2.75, 3.05) is 7.11 Å². The number of alkyl halides is 4. The summed E-state index contributed by atoms with van der Waals surface area (Å²) in [6, 6.07) is 3.31. The average Bonchev–Trinajstić information content (AvgIpc) is 2.29. The quantitative estimate of drug-likeness (QED) is 0.578. The van der Waals surface area contributed by atoms with E-state index in [1.807, 2.05) is 0 Å². The van der Waals surface area contributed by atoms with Gasteiger partial charge in [-0.2, -0.15) is 13.2 Å². The molecule has 0 aliphatic carbocycles. The summed E-state index contributed by atoms with van der Waals surface area (Å²) < 4.78 is 42.6. The van der Waals surface area contributed by atoms with Crippen LogP contribution in [-0.4, -0.2) is 17.9 Å². The van der Waals surface area contributed by atoms with E-state index in [1.54, 1.807) is 0 Å². The van der Waals surface area contributed by atoms with Gasteiger partial charge in [0.05, 0.1) is 12.7 Å². The third kappa shape index (κ3) is 3.98. The Hall–Kier alpha value is -0.560. The van der Waals surface area contributed by atoms with Crippen LogP contribution in [0.25, 0.3) is 0 Å². The number of methoxy groups -OCH3 is 1. The first-order valence-electron chi connectivity index (χ1n) is 4.83. The Kier molecular flexibility index (Phi) is 5.21. The maximum Gasteiger partial charge on any atom is 0.416 e. The number of ether oxygens (including phenoxy) is 1. The molecule has 0 radical (unpaired) electrons. The van der Waals surface area contributed by atoms with Gasteiger partial charge < -0.3 is 4.74 Å². The zero-order valence-electron chi connectivity index (χ0n) is 9.22. The average molecular weight is 390 g/mol. The van der Waals surface area contributed by atoms with Crippen molar-refractivity contribution in [3.8, 4) is 0 Å². The molecule has 0 N–H and O–H groups in total. The molecule has 0 spiro atoms. The van der Waals surface area contributed by atoms with Crippen LogP contribution < -0.4 is 0 Å². The second kappa shape index (κ2) is 6.06. The first-order chi connectivity index (χ1) is 8.25. The standard InChI is InChI=1S/C11H9Br2F3O2/c1-18-10(17)9(13)5-6-4-7(11(14,15)16)2-3-8(6)12/h2-4,9H,5H2,1H3. The molecule has 1 rings (SSSR count). The zero-order chi connectivity index (χ0) is 13.9. The van der Waals surface area contributed by atoms with E-state index in [0.29, 0.717) is 10.0 Å². The number of hydrogen-bond donors (Lipinski definition) is 0. The van der Waals surface area contributed by atoms with E-state index in [-0.39, 0.29) is 6.42 Å². The van der Waals surface area contributed by atoms with Gasteiger partial charge in [0.2, 0.25) is 0 Å². The van der Waals surface area contributed by atoms with Crippen molar-refractivity contribution in [3.63, 3.8) is 0 Å². The van der Waals surface area contributed by atoms with E-state index in [4.69, 9.17) is 0 Å². The van der Waals surface area contributed by atoms with Crippen LogP contribution in [0.3, 0.4) is 0 Å². The third-order valence-electron chi connectivity index (χ3n) is 2.23. The van der Waals surface area contributed by atoms with Crippen molar-refractivity contribution >= 4 is 37.8 Å². The number of benzene rings is 1. The molecule has 1 aromatic rings. The lowest BCUT2D eigenvalue weighted by atomic mass is 10.1. The number of carbonyl (C=O) groups is 1. The van der Waals surface area contributed by atoms with E-state index in [1.165, 1.54) is 13.2 Å². The maximum atomic E-state index is 12.5. The van der Waals surface area contributed by atoms with Crippen LogP contribution in [0.2, 0.25) is 0 Å². The molecule has 0 fully saturated rings. The monoisotopic (exact) mass is 388 g/mol. The van der Waals surface area contributed by atoms with Crippen LogP contribution in [0.5, 0.6) is 0 Å². The summed E-state index contributed by atoms with van der Waals surface area (Å²) in [5.74, 6) is -0.528. The van der Waals surface area contributed by atoms with E-state index in [9.17, 15) is 18.0 Å². The smallest absolute Gasteiger partial charge is 0.416 e. The van der Waals surface area contributed by atoms with Gasteiger partial charge >= 0.3 is 12.1 Å². The Morgan fingerprint density at radius 2 is 2.06 bits per heavy atom. The van der Waals surface area contributed by atoms with Crippen molar-refractivity contribution in [2.24, 2.45) is 0 Å². The highest BCUT2D eigenvalue weighted by molar-refractivity contribution is 9.10. The highest BCUT2D eigenvalue weighted by atomic mass is 79.9. The highest BCUT2D eigenvalue weighted by Crippen LogP contribution is 2.32. The topological polar surface area (TPSA) is 26.3 Å². The van der Waals surface area contributed by atoms with Gasteiger partial charge in [-0.05, 0) is 30.2 Å². The van der Waals surface area contributed by atoms with Crippen LogP contribution in [0.4, 0.5) is 13.2 Å². The van der Waals surface area contributed by atoms with Crippen molar-refractivity contribution in [2.45, 2.75) is 17.4 Å². The van der Waals surface area contributed by atoms with Gasteiger partial charge in [0, 0.05) is 4.47 Å². The van der Waals surface area contributed by atoms with Gasteiger partial charge in [-0.25, -0.2) is 0 Å². The third-order valence-corrected chi connectivity index (χ3v) is 3.70. The molecule has 1 aromatic carbocycles. The summed E-state index contributed by atoms with van der Waals surface area (Å²) in [5.41, 5.74) is -0.359. The maximum absolute atomic E-state index is 12.5. The molecule has 7 heteroatoms. The molecule has 2 nitrogen and oxygen atoms in total. The van der Waals surface area contributed by atoms with Gasteiger partial charge in [-0.1, -0.05) is 31.9 Å². The van der Waals surface area contributed by atoms with Crippen LogP contribution >= 0.6 is 31.9 Å². The summed E-state index contributed by atoms with van der Waals surface area (Å²) in [6.07, 6.45) is -4.29. The van der Waals surface area contributed by atoms with Crippen LogP contribution in [0.15, 0.2) is 22.7 Å². The van der Waals surface area contributed by atoms with Crippen molar-refractivity contribution < 1.29 is 22.7 Å². The lowest BCUT2D eigenvalue weighted by molar-refractivity contribution is -0.139. The molecule has 0 bridgehead atoms. The molecule has 0 heterocycles. The van der Waals surface area contributed by atoms with Gasteiger partial charge in [0.15, 0.2) is 0 Å². The predicted molar refractivity (Wildman–Crippen MR) is 67.6 cm³/mol. The molecule has 100 valence electrons. The molecule has 1 unspecified atom stereocenters. The van der Waals surface area contributed by atoms with E-state index in [2.05, 4.69) is 36.6 Å². The molecule has 0 aliphatic heterocycles. The number of halogens is 5. The first-order valence-corrected chi connectivity index (χ1v) is 6.54. The zero-order valence-corrected chi connectivity index (χ0v) is 12.4. The molecule has 0 aliphatic rings. The van der Waals surface area contributed by atoms with Gasteiger partial charge in [0.25, 0.3) is 0 Å². The second-order valence-corrected chi connectivity index (χ2v) is 5.46. The van der Waals surface area contributed by atoms with Crippen molar-refractivity contribution in [3.05, 3.63) is 33.8 Å². The lowest BCUT2D eigenvalue weighted by Crippen LogP contribution is -2.18. The number of carbonyl (C=O) groups excluding carboxylic acids is 1. The molecule has 0 saturated heterocycles. The fourth-order valence-corrected chi connectivity index (χ4v) is 2.26. The lowest BCUT2D eigenvalue weighted by Gasteiger charge is -2.12. The van der Waals surface area contributed by atoms with Gasteiger partial charge in [0.1, 0.15) is 4.83 Å². The van der Waals surface area contributed by atoms with E-state index >= 15 is 0 Å². The van der Waals surface area contributed by atoms with Crippen LogP contribution in [-0.2, 0) is 22.1 Å². The molecular formula is C11H9Br2F3O2. The number of hydrogen-bond acceptors (Lipinski definition) is 2. The first kappa shape index (κ1) is 15.5. The minimum Gasteiger partial charge on any atom is -0.468 e. The normalized spacial score (nSPS) is 13.2. The summed E-state index contributed by atoms with van der Waals surface area (Å²) in [7, 11) is 1.22. The summed E-state index contributed by atoms with van der Waals surface area (Å²) in [6.45, 7) is 0. The fourth-order valence-electron chi connectivity index (χ4n) is 1.31. The fraction of sp³-hybridized carbons (Fsp3) is 0.364. The minimum atomic E-state index is -4.40. The Morgan fingerprint density at radius 3 is 2.56 bits per heavy atom. The second-order valence-electron chi connectivity index (χ2n) is 3.50. The Morgan fingerprint density at radius 1 is 1.44 bits per heavy atom. The van der Waals surface area contributed by atoms with E-state index < -0.39 is 22.5 Å². The Labute approximate surface area is 119 Å². The Bertz CT molecular complexity index is 446. The molecule has 0 saturated carbocycles. The van der Waals surface area contributed by atoms with Gasteiger partial charge in [-0.3, -0.25) is 4.79 Å².